The Labute approximate surface area is 85.3 Å². The highest BCUT2D eigenvalue weighted by Crippen LogP contribution is 2.63. The average molecular weight is 194 g/mol. The van der Waals surface area contributed by atoms with E-state index < -0.39 is 0 Å². The molecule has 0 aromatic carbocycles. The Morgan fingerprint density at radius 1 is 1.64 bits per heavy atom. The first kappa shape index (κ1) is 9.75. The molecule has 2 aliphatic carbocycles. The maximum Gasteiger partial charge on any atom is 0.309 e. The summed E-state index contributed by atoms with van der Waals surface area (Å²) in [6.45, 7) is 6.48. The summed E-state index contributed by atoms with van der Waals surface area (Å²) >= 11 is 0. The lowest BCUT2D eigenvalue weighted by Gasteiger charge is -2.25. The molecule has 0 unspecified atom stereocenters. The quantitative estimate of drug-likeness (QED) is 0.499. The minimum atomic E-state index is -0.00412. The molecule has 14 heavy (non-hydrogen) atoms. The van der Waals surface area contributed by atoms with E-state index in [-0.39, 0.29) is 17.3 Å². The molecule has 2 saturated carbocycles. The third-order valence-corrected chi connectivity index (χ3v) is 3.70. The second-order valence-electron chi connectivity index (χ2n) is 4.48. The van der Waals surface area contributed by atoms with Crippen LogP contribution in [0, 0.1) is 11.3 Å². The number of esters is 1. The second kappa shape index (κ2) is 3.41. The lowest BCUT2D eigenvalue weighted by atomic mass is 9.80. The highest BCUT2D eigenvalue weighted by molar-refractivity contribution is 5.78. The summed E-state index contributed by atoms with van der Waals surface area (Å²) in [5.74, 6) is 0.130. The van der Waals surface area contributed by atoms with Gasteiger partial charge in [0, 0.05) is 5.41 Å². The number of allylic oxidation sites excluding steroid dienone is 1. The van der Waals surface area contributed by atoms with Gasteiger partial charge in [0.05, 0.1) is 12.5 Å². The number of hydrogen-bond donors (Lipinski definition) is 0. The average Bonchev–Trinajstić information content (AvgIpc) is 2.87. The van der Waals surface area contributed by atoms with Gasteiger partial charge in [0.25, 0.3) is 0 Å². The van der Waals surface area contributed by atoms with E-state index in [0.717, 1.165) is 19.3 Å². The van der Waals surface area contributed by atoms with Crippen molar-refractivity contribution in [3.8, 4) is 0 Å². The smallest absolute Gasteiger partial charge is 0.309 e. The molecule has 0 heterocycles. The highest BCUT2D eigenvalue weighted by Gasteiger charge is 2.60. The van der Waals surface area contributed by atoms with Crippen molar-refractivity contribution in [3.05, 3.63) is 12.2 Å². The SMILES string of the molecule is C=C1CCCC[C@]12C[C@@H]2C(=O)OCC. The zero-order chi connectivity index (χ0) is 10.2. The molecule has 1 spiro atoms. The molecule has 2 rings (SSSR count). The molecule has 2 fully saturated rings. The van der Waals surface area contributed by atoms with Gasteiger partial charge in [0.2, 0.25) is 0 Å². The van der Waals surface area contributed by atoms with E-state index >= 15 is 0 Å². The van der Waals surface area contributed by atoms with Gasteiger partial charge in [-0.15, -0.1) is 0 Å². The van der Waals surface area contributed by atoms with Crippen LogP contribution in [0.25, 0.3) is 0 Å². The number of ether oxygens (including phenoxy) is 1. The molecule has 2 atom stereocenters. The predicted molar refractivity (Wildman–Crippen MR) is 54.8 cm³/mol. The third kappa shape index (κ3) is 1.37. The van der Waals surface area contributed by atoms with Gasteiger partial charge >= 0.3 is 5.97 Å². The van der Waals surface area contributed by atoms with Crippen LogP contribution in [-0.4, -0.2) is 12.6 Å². The van der Waals surface area contributed by atoms with E-state index in [2.05, 4.69) is 6.58 Å². The van der Waals surface area contributed by atoms with E-state index in [1.165, 1.54) is 18.4 Å². The van der Waals surface area contributed by atoms with Crippen molar-refractivity contribution >= 4 is 5.97 Å². The minimum absolute atomic E-state index is 0.00412. The fraction of sp³-hybridized carbons (Fsp3) is 0.750. The Morgan fingerprint density at radius 3 is 3.07 bits per heavy atom. The normalized spacial score (nSPS) is 35.8. The Balaban J connectivity index is 2.00. The van der Waals surface area contributed by atoms with Gasteiger partial charge in [0.15, 0.2) is 0 Å². The molecule has 0 aromatic heterocycles. The van der Waals surface area contributed by atoms with Crippen LogP contribution in [0.15, 0.2) is 12.2 Å². The van der Waals surface area contributed by atoms with Crippen LogP contribution in [0.1, 0.15) is 39.0 Å². The van der Waals surface area contributed by atoms with Crippen LogP contribution in [0.4, 0.5) is 0 Å². The van der Waals surface area contributed by atoms with Gasteiger partial charge in [0.1, 0.15) is 0 Å². The molecule has 2 nitrogen and oxygen atoms in total. The third-order valence-electron chi connectivity index (χ3n) is 3.70. The Bertz CT molecular complexity index is 269. The van der Waals surface area contributed by atoms with Crippen LogP contribution < -0.4 is 0 Å². The lowest BCUT2D eigenvalue weighted by Crippen LogP contribution is -2.18. The molecular weight excluding hydrogens is 176 g/mol. The monoisotopic (exact) mass is 194 g/mol. The van der Waals surface area contributed by atoms with Crippen molar-refractivity contribution in [2.45, 2.75) is 39.0 Å². The summed E-state index contributed by atoms with van der Waals surface area (Å²) in [7, 11) is 0. The zero-order valence-electron chi connectivity index (χ0n) is 8.84. The fourth-order valence-corrected chi connectivity index (χ4v) is 2.73. The van der Waals surface area contributed by atoms with E-state index in [9.17, 15) is 4.79 Å². The molecule has 0 N–H and O–H groups in total. The highest BCUT2D eigenvalue weighted by atomic mass is 16.5. The van der Waals surface area contributed by atoms with Crippen LogP contribution in [0.5, 0.6) is 0 Å². The summed E-state index contributed by atoms with van der Waals surface area (Å²) in [4.78, 5) is 11.6. The van der Waals surface area contributed by atoms with Gasteiger partial charge in [-0.2, -0.15) is 0 Å². The van der Waals surface area contributed by atoms with Crippen molar-refractivity contribution in [1.29, 1.82) is 0 Å². The first-order valence-corrected chi connectivity index (χ1v) is 5.55. The van der Waals surface area contributed by atoms with Crippen LogP contribution >= 0.6 is 0 Å². The molecule has 0 radical (unpaired) electrons. The first-order valence-electron chi connectivity index (χ1n) is 5.55. The maximum absolute atomic E-state index is 11.6. The van der Waals surface area contributed by atoms with E-state index in [1.54, 1.807) is 0 Å². The summed E-state index contributed by atoms with van der Waals surface area (Å²) in [5, 5.41) is 0. The second-order valence-corrected chi connectivity index (χ2v) is 4.48. The summed E-state index contributed by atoms with van der Waals surface area (Å²) < 4.78 is 5.06. The van der Waals surface area contributed by atoms with Crippen LogP contribution in [-0.2, 0) is 9.53 Å². The number of carbonyl (C=O) groups excluding carboxylic acids is 1. The summed E-state index contributed by atoms with van der Waals surface area (Å²) in [6.07, 6.45) is 5.74. The van der Waals surface area contributed by atoms with Gasteiger partial charge in [-0.3, -0.25) is 4.79 Å². The van der Waals surface area contributed by atoms with Crippen molar-refractivity contribution in [2.24, 2.45) is 11.3 Å². The molecule has 0 amide bonds. The summed E-state index contributed by atoms with van der Waals surface area (Å²) in [6, 6.07) is 0. The van der Waals surface area contributed by atoms with Crippen LogP contribution in [0.3, 0.4) is 0 Å². The Morgan fingerprint density at radius 2 is 2.43 bits per heavy atom. The molecule has 0 saturated heterocycles. The zero-order valence-corrected chi connectivity index (χ0v) is 8.84. The summed E-state index contributed by atoms with van der Waals surface area (Å²) in [5.41, 5.74) is 1.45. The van der Waals surface area contributed by atoms with Crippen molar-refractivity contribution in [3.63, 3.8) is 0 Å². The Hall–Kier alpha value is -0.790. The van der Waals surface area contributed by atoms with Gasteiger partial charge < -0.3 is 4.74 Å². The maximum atomic E-state index is 11.6. The number of rotatable bonds is 2. The van der Waals surface area contributed by atoms with E-state index in [0.29, 0.717) is 6.61 Å². The molecule has 2 heteroatoms. The topological polar surface area (TPSA) is 26.3 Å². The number of carbonyl (C=O) groups is 1. The van der Waals surface area contributed by atoms with Crippen LogP contribution in [0.2, 0.25) is 0 Å². The van der Waals surface area contributed by atoms with Gasteiger partial charge in [-0.05, 0) is 32.6 Å². The van der Waals surface area contributed by atoms with E-state index in [1.807, 2.05) is 6.92 Å². The largest absolute Gasteiger partial charge is 0.466 e. The molecule has 78 valence electrons. The van der Waals surface area contributed by atoms with Gasteiger partial charge in [-0.25, -0.2) is 0 Å². The molecule has 0 bridgehead atoms. The van der Waals surface area contributed by atoms with Crippen molar-refractivity contribution in [2.75, 3.05) is 6.61 Å². The first-order chi connectivity index (χ1) is 6.70. The van der Waals surface area contributed by atoms with Gasteiger partial charge in [-0.1, -0.05) is 18.6 Å². The standard InChI is InChI=1S/C12H18O2/c1-3-14-11(13)10-8-12(10)7-5-4-6-9(12)2/h10H,2-8H2,1H3/t10-,12+/m1/s1. The van der Waals surface area contributed by atoms with Crippen molar-refractivity contribution < 1.29 is 9.53 Å². The predicted octanol–water partition coefficient (Wildman–Crippen LogP) is 2.69. The Kier molecular flexibility index (Phi) is 2.38. The fourth-order valence-electron chi connectivity index (χ4n) is 2.73. The number of hydrogen-bond acceptors (Lipinski definition) is 2. The molecular formula is C12H18O2. The minimum Gasteiger partial charge on any atom is -0.466 e. The van der Waals surface area contributed by atoms with Crippen molar-refractivity contribution in [1.82, 2.24) is 0 Å². The van der Waals surface area contributed by atoms with E-state index in [4.69, 9.17) is 4.74 Å². The molecule has 0 aliphatic heterocycles. The molecule has 2 aliphatic rings. The lowest BCUT2D eigenvalue weighted by molar-refractivity contribution is -0.145. The molecule has 0 aromatic rings.